The van der Waals surface area contributed by atoms with Crippen LogP contribution in [0.1, 0.15) is 22.5 Å². The Balaban J connectivity index is 1.71. The molecule has 0 bridgehead atoms. The monoisotopic (exact) mass is 287 g/mol. The topological polar surface area (TPSA) is 67.0 Å². The second kappa shape index (κ2) is 6.92. The highest BCUT2D eigenvalue weighted by Crippen LogP contribution is 2.11. The van der Waals surface area contributed by atoms with E-state index in [2.05, 4.69) is 15.5 Å². The van der Waals surface area contributed by atoms with Crippen LogP contribution in [0.2, 0.25) is 0 Å². The zero-order valence-electron chi connectivity index (χ0n) is 12.7. The molecule has 2 N–H and O–H groups in total. The van der Waals surface area contributed by atoms with Crippen molar-refractivity contribution < 1.29 is 9.53 Å². The van der Waals surface area contributed by atoms with Crippen LogP contribution in [0.25, 0.3) is 0 Å². The van der Waals surface area contributed by atoms with E-state index in [-0.39, 0.29) is 12.5 Å². The van der Waals surface area contributed by atoms with E-state index in [1.807, 2.05) is 45.0 Å². The van der Waals surface area contributed by atoms with Crippen LogP contribution in [0.3, 0.4) is 0 Å². The number of ether oxygens (including phenoxy) is 1. The lowest BCUT2D eigenvalue weighted by atomic mass is 10.1. The number of carbonyl (C=O) groups excluding carboxylic acids is 1. The van der Waals surface area contributed by atoms with Gasteiger partial charge in [0.05, 0.1) is 5.69 Å². The van der Waals surface area contributed by atoms with Crippen molar-refractivity contribution in [3.63, 3.8) is 0 Å². The van der Waals surface area contributed by atoms with Crippen molar-refractivity contribution >= 4 is 5.91 Å². The number of amides is 1. The van der Waals surface area contributed by atoms with Crippen LogP contribution in [0, 0.1) is 20.8 Å². The van der Waals surface area contributed by atoms with Gasteiger partial charge in [-0.1, -0.05) is 17.7 Å². The van der Waals surface area contributed by atoms with Crippen LogP contribution in [-0.2, 0) is 11.2 Å². The summed E-state index contributed by atoms with van der Waals surface area (Å²) in [6, 6.07) is 7.64. The number of rotatable bonds is 6. The number of aryl methyl sites for hydroxylation is 3. The Morgan fingerprint density at radius 3 is 2.57 bits per heavy atom. The van der Waals surface area contributed by atoms with Crippen LogP contribution in [0.15, 0.2) is 24.3 Å². The molecule has 0 fully saturated rings. The molecular weight excluding hydrogens is 266 g/mol. The predicted octanol–water partition coefficient (Wildman–Crippen LogP) is 2.07. The van der Waals surface area contributed by atoms with Crippen molar-refractivity contribution in [2.45, 2.75) is 27.2 Å². The Kier molecular flexibility index (Phi) is 4.98. The standard InChI is InChI=1S/C16H21N3O2/c1-11-4-6-14(7-5-11)21-10-16(20)17-9-8-15-12(2)18-19-13(15)3/h4-7H,8-10H2,1-3H3,(H,17,20)(H,18,19). The highest BCUT2D eigenvalue weighted by Gasteiger charge is 2.07. The lowest BCUT2D eigenvalue weighted by Crippen LogP contribution is -2.30. The molecule has 5 heteroatoms. The van der Waals surface area contributed by atoms with Crippen LogP contribution in [0.5, 0.6) is 5.75 Å². The number of hydrogen-bond acceptors (Lipinski definition) is 3. The lowest BCUT2D eigenvalue weighted by molar-refractivity contribution is -0.123. The summed E-state index contributed by atoms with van der Waals surface area (Å²) >= 11 is 0. The molecule has 21 heavy (non-hydrogen) atoms. The van der Waals surface area contributed by atoms with E-state index in [0.29, 0.717) is 12.3 Å². The Morgan fingerprint density at radius 2 is 1.95 bits per heavy atom. The van der Waals surface area contributed by atoms with Crippen LogP contribution in [0.4, 0.5) is 0 Å². The van der Waals surface area contributed by atoms with Gasteiger partial charge in [0, 0.05) is 12.2 Å². The third kappa shape index (κ3) is 4.34. The van der Waals surface area contributed by atoms with Gasteiger partial charge in [0.2, 0.25) is 0 Å². The fraction of sp³-hybridized carbons (Fsp3) is 0.375. The van der Waals surface area contributed by atoms with E-state index in [9.17, 15) is 4.79 Å². The molecule has 0 atom stereocenters. The van der Waals surface area contributed by atoms with Gasteiger partial charge in [-0.05, 0) is 44.9 Å². The SMILES string of the molecule is Cc1ccc(OCC(=O)NCCc2c(C)n[nH]c2C)cc1. The summed E-state index contributed by atoms with van der Waals surface area (Å²) in [5, 5.41) is 9.92. The second-order valence-electron chi connectivity index (χ2n) is 5.11. The van der Waals surface area contributed by atoms with Crippen LogP contribution < -0.4 is 10.1 Å². The first kappa shape index (κ1) is 15.1. The molecule has 0 spiro atoms. The number of benzene rings is 1. The predicted molar refractivity (Wildman–Crippen MR) is 81.4 cm³/mol. The molecule has 1 aromatic heterocycles. The smallest absolute Gasteiger partial charge is 0.257 e. The molecule has 0 aliphatic heterocycles. The first-order chi connectivity index (χ1) is 10.1. The molecule has 1 amide bonds. The third-order valence-corrected chi connectivity index (χ3v) is 3.37. The summed E-state index contributed by atoms with van der Waals surface area (Å²) < 4.78 is 5.43. The Labute approximate surface area is 124 Å². The Bertz CT molecular complexity index is 583. The van der Waals surface area contributed by atoms with Gasteiger partial charge in [0.15, 0.2) is 6.61 Å². The maximum atomic E-state index is 11.7. The number of nitrogens with one attached hydrogen (secondary N) is 2. The van der Waals surface area contributed by atoms with E-state index < -0.39 is 0 Å². The molecule has 2 rings (SSSR count). The third-order valence-electron chi connectivity index (χ3n) is 3.37. The molecule has 0 unspecified atom stereocenters. The molecule has 0 radical (unpaired) electrons. The minimum Gasteiger partial charge on any atom is -0.484 e. The normalized spacial score (nSPS) is 10.4. The molecular formula is C16H21N3O2. The number of hydrogen-bond donors (Lipinski definition) is 2. The number of nitrogens with zero attached hydrogens (tertiary/aromatic N) is 1. The second-order valence-corrected chi connectivity index (χ2v) is 5.11. The van der Waals surface area contributed by atoms with Gasteiger partial charge < -0.3 is 10.1 Å². The molecule has 1 aromatic carbocycles. The van der Waals surface area contributed by atoms with Crippen LogP contribution in [-0.4, -0.2) is 29.3 Å². The van der Waals surface area contributed by atoms with Gasteiger partial charge in [-0.2, -0.15) is 5.10 Å². The minimum atomic E-state index is -0.116. The molecule has 0 aliphatic rings. The Morgan fingerprint density at radius 1 is 1.24 bits per heavy atom. The molecule has 112 valence electrons. The number of carbonyl (C=O) groups is 1. The number of H-pyrrole nitrogens is 1. The molecule has 0 aliphatic carbocycles. The summed E-state index contributed by atoms with van der Waals surface area (Å²) in [5.41, 5.74) is 4.36. The molecule has 2 aromatic rings. The molecule has 0 saturated heterocycles. The largest absolute Gasteiger partial charge is 0.484 e. The fourth-order valence-corrected chi connectivity index (χ4v) is 2.10. The zero-order valence-corrected chi connectivity index (χ0v) is 12.7. The first-order valence-corrected chi connectivity index (χ1v) is 7.03. The first-order valence-electron chi connectivity index (χ1n) is 7.03. The van der Waals surface area contributed by atoms with E-state index in [1.165, 1.54) is 0 Å². The summed E-state index contributed by atoms with van der Waals surface area (Å²) in [6.07, 6.45) is 0.768. The molecule has 0 saturated carbocycles. The summed E-state index contributed by atoms with van der Waals surface area (Å²) in [4.78, 5) is 11.7. The average molecular weight is 287 g/mol. The van der Waals surface area contributed by atoms with Crippen molar-refractivity contribution in [1.82, 2.24) is 15.5 Å². The highest BCUT2D eigenvalue weighted by molar-refractivity contribution is 5.77. The number of aromatic nitrogens is 2. The van der Waals surface area contributed by atoms with Crippen molar-refractivity contribution in [1.29, 1.82) is 0 Å². The van der Waals surface area contributed by atoms with E-state index in [4.69, 9.17) is 4.74 Å². The van der Waals surface area contributed by atoms with Gasteiger partial charge >= 0.3 is 0 Å². The summed E-state index contributed by atoms with van der Waals surface area (Å²) in [7, 11) is 0. The van der Waals surface area contributed by atoms with Gasteiger partial charge in [-0.25, -0.2) is 0 Å². The average Bonchev–Trinajstić information content (AvgIpc) is 2.78. The summed E-state index contributed by atoms with van der Waals surface area (Å²) in [5.74, 6) is 0.589. The van der Waals surface area contributed by atoms with E-state index in [0.717, 1.165) is 28.9 Å². The maximum Gasteiger partial charge on any atom is 0.257 e. The minimum absolute atomic E-state index is 0.0341. The lowest BCUT2D eigenvalue weighted by Gasteiger charge is -2.08. The van der Waals surface area contributed by atoms with Gasteiger partial charge in [0.1, 0.15) is 5.75 Å². The van der Waals surface area contributed by atoms with Crippen molar-refractivity contribution in [2.75, 3.05) is 13.2 Å². The molecule has 1 heterocycles. The summed E-state index contributed by atoms with van der Waals surface area (Å²) in [6.45, 7) is 6.57. The quantitative estimate of drug-likeness (QED) is 0.854. The van der Waals surface area contributed by atoms with Gasteiger partial charge in [-0.15, -0.1) is 0 Å². The van der Waals surface area contributed by atoms with E-state index >= 15 is 0 Å². The maximum absolute atomic E-state index is 11.7. The van der Waals surface area contributed by atoms with E-state index in [1.54, 1.807) is 0 Å². The van der Waals surface area contributed by atoms with Gasteiger partial charge in [0.25, 0.3) is 5.91 Å². The number of aromatic amines is 1. The van der Waals surface area contributed by atoms with Crippen molar-refractivity contribution in [3.05, 3.63) is 46.8 Å². The van der Waals surface area contributed by atoms with Crippen molar-refractivity contribution in [2.24, 2.45) is 0 Å². The van der Waals surface area contributed by atoms with Crippen molar-refractivity contribution in [3.8, 4) is 5.75 Å². The van der Waals surface area contributed by atoms with Gasteiger partial charge in [-0.3, -0.25) is 9.89 Å². The fourth-order valence-electron chi connectivity index (χ4n) is 2.10. The van der Waals surface area contributed by atoms with Crippen LogP contribution >= 0.6 is 0 Å². The highest BCUT2D eigenvalue weighted by atomic mass is 16.5. The Hall–Kier alpha value is -2.30. The molecule has 5 nitrogen and oxygen atoms in total. The zero-order chi connectivity index (χ0) is 15.2.